The van der Waals surface area contributed by atoms with E-state index in [9.17, 15) is 4.79 Å². The fourth-order valence-electron chi connectivity index (χ4n) is 2.32. The zero-order valence-corrected chi connectivity index (χ0v) is 14.7. The van der Waals surface area contributed by atoms with Gasteiger partial charge in [0.15, 0.2) is 0 Å². The number of H-pyrrole nitrogens is 1. The van der Waals surface area contributed by atoms with E-state index in [1.807, 2.05) is 32.0 Å². The van der Waals surface area contributed by atoms with Gasteiger partial charge in [-0.1, -0.05) is 41.4 Å². The lowest BCUT2D eigenvalue weighted by Crippen LogP contribution is -2.13. The van der Waals surface area contributed by atoms with Crippen LogP contribution in [0.4, 0.5) is 5.69 Å². The maximum atomic E-state index is 12.4. The smallest absolute Gasteiger partial charge is 0.273 e. The number of nitrogens with one attached hydrogen (secondary N) is 2. The van der Waals surface area contributed by atoms with Gasteiger partial charge in [0.1, 0.15) is 5.69 Å². The minimum absolute atomic E-state index is 0.248. The summed E-state index contributed by atoms with van der Waals surface area (Å²) in [5, 5.41) is 10.7. The van der Waals surface area contributed by atoms with Gasteiger partial charge in [0.2, 0.25) is 0 Å². The number of nitrogens with zero attached hydrogens (tertiary/aromatic N) is 1. The highest BCUT2D eigenvalue weighted by Crippen LogP contribution is 2.28. The van der Waals surface area contributed by atoms with E-state index in [2.05, 4.69) is 15.5 Å². The van der Waals surface area contributed by atoms with Crippen LogP contribution >= 0.6 is 23.2 Å². The highest BCUT2D eigenvalue weighted by molar-refractivity contribution is 6.42. The van der Waals surface area contributed by atoms with Crippen molar-refractivity contribution in [3.05, 3.63) is 69.3 Å². The Hall–Kier alpha value is -2.30. The topological polar surface area (TPSA) is 57.8 Å². The number of carbonyl (C=O) groups excluding carboxylic acids is 1. The van der Waals surface area contributed by atoms with Crippen molar-refractivity contribution in [2.45, 2.75) is 13.8 Å². The summed E-state index contributed by atoms with van der Waals surface area (Å²) in [6, 6.07) is 12.7. The van der Waals surface area contributed by atoms with Gasteiger partial charge >= 0.3 is 0 Å². The average molecular weight is 360 g/mol. The van der Waals surface area contributed by atoms with E-state index >= 15 is 0 Å². The quantitative estimate of drug-likeness (QED) is 0.670. The molecule has 1 heterocycles. The molecule has 4 nitrogen and oxygen atoms in total. The van der Waals surface area contributed by atoms with Crippen molar-refractivity contribution in [2.24, 2.45) is 0 Å². The first-order chi connectivity index (χ1) is 11.5. The Balaban J connectivity index is 1.83. The number of carbonyl (C=O) groups is 1. The number of hydrogen-bond donors (Lipinski definition) is 2. The number of hydrogen-bond acceptors (Lipinski definition) is 2. The summed E-state index contributed by atoms with van der Waals surface area (Å²) >= 11 is 11.9. The molecule has 1 amide bonds. The number of aryl methyl sites for hydroxylation is 1. The maximum absolute atomic E-state index is 12.4. The number of benzene rings is 2. The Bertz CT molecular complexity index is 918. The first-order valence-electron chi connectivity index (χ1n) is 7.34. The van der Waals surface area contributed by atoms with Crippen LogP contribution in [-0.2, 0) is 0 Å². The molecule has 0 bridgehead atoms. The van der Waals surface area contributed by atoms with Crippen LogP contribution in [0.15, 0.2) is 42.5 Å². The predicted molar refractivity (Wildman–Crippen MR) is 97.9 cm³/mol. The van der Waals surface area contributed by atoms with E-state index in [4.69, 9.17) is 23.2 Å². The number of aromatic amines is 1. The van der Waals surface area contributed by atoms with Crippen LogP contribution in [0.1, 0.15) is 21.6 Å². The van der Waals surface area contributed by atoms with Gasteiger partial charge in [0, 0.05) is 11.3 Å². The summed E-state index contributed by atoms with van der Waals surface area (Å²) in [5.74, 6) is -0.248. The standard InChI is InChI=1S/C18H15Cl2N3O/c1-10-4-3-5-15(11(10)2)21-18(24)17-9-16(22-23-17)12-6-7-13(19)14(20)8-12/h3-9H,1-2H3,(H,21,24)(H,22,23). The normalized spacial score (nSPS) is 10.7. The second kappa shape index (κ2) is 6.67. The van der Waals surface area contributed by atoms with Crippen molar-refractivity contribution < 1.29 is 4.79 Å². The number of aromatic nitrogens is 2. The molecule has 0 radical (unpaired) electrons. The van der Waals surface area contributed by atoms with Crippen LogP contribution in [0, 0.1) is 13.8 Å². The molecule has 24 heavy (non-hydrogen) atoms. The molecule has 2 N–H and O–H groups in total. The molecule has 0 saturated carbocycles. The molecule has 1 aromatic heterocycles. The lowest BCUT2D eigenvalue weighted by atomic mass is 10.1. The number of anilines is 1. The molecule has 0 fully saturated rings. The molecule has 0 aliphatic carbocycles. The molecule has 0 spiro atoms. The molecule has 3 aromatic rings. The molecule has 0 atom stereocenters. The van der Waals surface area contributed by atoms with Crippen molar-refractivity contribution in [3.63, 3.8) is 0 Å². The van der Waals surface area contributed by atoms with E-state index in [-0.39, 0.29) is 5.91 Å². The largest absolute Gasteiger partial charge is 0.320 e. The molecular weight excluding hydrogens is 345 g/mol. The van der Waals surface area contributed by atoms with Gasteiger partial charge in [-0.25, -0.2) is 0 Å². The van der Waals surface area contributed by atoms with Gasteiger partial charge in [-0.05, 0) is 49.2 Å². The van der Waals surface area contributed by atoms with Crippen molar-refractivity contribution in [3.8, 4) is 11.3 Å². The Morgan fingerprint density at radius 1 is 1.08 bits per heavy atom. The first kappa shape index (κ1) is 16.6. The second-order valence-corrected chi connectivity index (χ2v) is 6.31. The number of halogens is 2. The first-order valence-corrected chi connectivity index (χ1v) is 8.09. The highest BCUT2D eigenvalue weighted by Gasteiger charge is 2.13. The molecule has 0 aliphatic rings. The molecule has 122 valence electrons. The summed E-state index contributed by atoms with van der Waals surface area (Å²) < 4.78 is 0. The summed E-state index contributed by atoms with van der Waals surface area (Å²) in [7, 11) is 0. The SMILES string of the molecule is Cc1cccc(NC(=O)c2cc(-c3ccc(Cl)c(Cl)c3)n[nH]2)c1C. The fourth-order valence-corrected chi connectivity index (χ4v) is 2.62. The van der Waals surface area contributed by atoms with Crippen LogP contribution in [0.3, 0.4) is 0 Å². The zero-order chi connectivity index (χ0) is 17.3. The molecule has 0 saturated heterocycles. The zero-order valence-electron chi connectivity index (χ0n) is 13.2. The van der Waals surface area contributed by atoms with Gasteiger partial charge < -0.3 is 5.32 Å². The molecule has 0 unspecified atom stereocenters. The summed E-state index contributed by atoms with van der Waals surface area (Å²) in [4.78, 5) is 12.4. The fraction of sp³-hybridized carbons (Fsp3) is 0.111. The molecular formula is C18H15Cl2N3O. The van der Waals surface area contributed by atoms with Crippen molar-refractivity contribution in [1.82, 2.24) is 10.2 Å². The second-order valence-electron chi connectivity index (χ2n) is 5.50. The molecule has 3 rings (SSSR count). The van der Waals surface area contributed by atoms with E-state index in [1.54, 1.807) is 24.3 Å². The average Bonchev–Trinajstić information content (AvgIpc) is 3.04. The number of amides is 1. The van der Waals surface area contributed by atoms with Gasteiger partial charge in [0.25, 0.3) is 5.91 Å². The van der Waals surface area contributed by atoms with Crippen molar-refractivity contribution in [1.29, 1.82) is 0 Å². The Kier molecular flexibility index (Phi) is 4.60. The third-order valence-electron chi connectivity index (χ3n) is 3.89. The van der Waals surface area contributed by atoms with Crippen LogP contribution < -0.4 is 5.32 Å². The summed E-state index contributed by atoms with van der Waals surface area (Å²) in [6.45, 7) is 3.97. The summed E-state index contributed by atoms with van der Waals surface area (Å²) in [6.07, 6.45) is 0. The Morgan fingerprint density at radius 3 is 2.62 bits per heavy atom. The third kappa shape index (κ3) is 3.30. The van der Waals surface area contributed by atoms with Crippen molar-refractivity contribution in [2.75, 3.05) is 5.32 Å². The monoisotopic (exact) mass is 359 g/mol. The third-order valence-corrected chi connectivity index (χ3v) is 4.63. The molecule has 0 aliphatic heterocycles. The van der Waals surface area contributed by atoms with Crippen molar-refractivity contribution >= 4 is 34.8 Å². The predicted octanol–water partition coefficient (Wildman–Crippen LogP) is 5.25. The van der Waals surface area contributed by atoms with E-state index in [0.717, 1.165) is 22.4 Å². The van der Waals surface area contributed by atoms with E-state index < -0.39 is 0 Å². The Morgan fingerprint density at radius 2 is 1.88 bits per heavy atom. The minimum Gasteiger partial charge on any atom is -0.320 e. The maximum Gasteiger partial charge on any atom is 0.273 e. The Labute approximate surface area is 149 Å². The van der Waals surface area contributed by atoms with Crippen LogP contribution in [0.5, 0.6) is 0 Å². The molecule has 6 heteroatoms. The highest BCUT2D eigenvalue weighted by atomic mass is 35.5. The van der Waals surface area contributed by atoms with Crippen LogP contribution in [-0.4, -0.2) is 16.1 Å². The lowest BCUT2D eigenvalue weighted by molar-refractivity contribution is 0.102. The van der Waals surface area contributed by atoms with Gasteiger partial charge in [-0.2, -0.15) is 5.10 Å². The minimum atomic E-state index is -0.248. The van der Waals surface area contributed by atoms with Crippen LogP contribution in [0.25, 0.3) is 11.3 Å². The summed E-state index contributed by atoms with van der Waals surface area (Å²) in [5.41, 5.74) is 4.72. The van der Waals surface area contributed by atoms with Gasteiger partial charge in [-0.3, -0.25) is 9.89 Å². The number of rotatable bonds is 3. The van der Waals surface area contributed by atoms with E-state index in [0.29, 0.717) is 21.4 Å². The van der Waals surface area contributed by atoms with E-state index in [1.165, 1.54) is 0 Å². The van der Waals surface area contributed by atoms with Gasteiger partial charge in [-0.15, -0.1) is 0 Å². The lowest BCUT2D eigenvalue weighted by Gasteiger charge is -2.09. The van der Waals surface area contributed by atoms with Crippen LogP contribution in [0.2, 0.25) is 10.0 Å². The van der Waals surface area contributed by atoms with Gasteiger partial charge in [0.05, 0.1) is 15.7 Å². The molecule has 2 aromatic carbocycles.